The lowest BCUT2D eigenvalue weighted by molar-refractivity contribution is 0.0983. The number of fused-ring (bicyclic) bond motifs is 1. The molecule has 2 nitrogen and oxygen atoms in total. The largest absolute Gasteiger partial charge is 0.490 e. The molecule has 0 aliphatic heterocycles. The van der Waals surface area contributed by atoms with E-state index in [9.17, 15) is 4.79 Å². The van der Waals surface area contributed by atoms with Gasteiger partial charge in [-0.2, -0.15) is 0 Å². The predicted molar refractivity (Wildman–Crippen MR) is 84.0 cm³/mol. The van der Waals surface area contributed by atoms with E-state index in [0.717, 1.165) is 22.1 Å². The molecular weight excluding hydrogens is 272 g/mol. The maximum Gasteiger partial charge on any atom is 0.163 e. The molecule has 0 spiro atoms. The van der Waals surface area contributed by atoms with E-state index in [4.69, 9.17) is 16.3 Å². The average Bonchev–Trinajstić information content (AvgIpc) is 2.44. The molecule has 0 fully saturated rings. The van der Waals surface area contributed by atoms with Crippen LogP contribution in [0, 0.1) is 0 Å². The summed E-state index contributed by atoms with van der Waals surface area (Å²) in [5.74, 6) is 1.47. The lowest BCUT2D eigenvalue weighted by Gasteiger charge is -2.14. The van der Waals surface area contributed by atoms with Gasteiger partial charge in [-0.15, -0.1) is 11.6 Å². The first-order valence-electron chi connectivity index (χ1n) is 6.91. The molecule has 0 aliphatic rings. The molecule has 106 valence electrons. The predicted octanol–water partition coefficient (Wildman–Crippen LogP) is 4.83. The lowest BCUT2D eigenvalue weighted by atomic mass is 9.98. The van der Waals surface area contributed by atoms with E-state index >= 15 is 0 Å². The zero-order chi connectivity index (χ0) is 14.5. The summed E-state index contributed by atoms with van der Waals surface area (Å²) in [4.78, 5) is 12.3. The van der Waals surface area contributed by atoms with Gasteiger partial charge in [-0.05, 0) is 37.8 Å². The second-order valence-electron chi connectivity index (χ2n) is 5.04. The van der Waals surface area contributed by atoms with E-state index in [1.165, 1.54) is 0 Å². The number of ketones is 1. The van der Waals surface area contributed by atoms with Crippen LogP contribution in [0.5, 0.6) is 5.75 Å². The van der Waals surface area contributed by atoms with Gasteiger partial charge in [-0.3, -0.25) is 4.79 Å². The molecule has 0 heterocycles. The van der Waals surface area contributed by atoms with Crippen LogP contribution in [0.3, 0.4) is 0 Å². The molecule has 0 saturated heterocycles. The number of hydrogen-bond donors (Lipinski definition) is 0. The van der Waals surface area contributed by atoms with Crippen molar-refractivity contribution in [2.45, 2.75) is 32.8 Å². The van der Waals surface area contributed by atoms with E-state index < -0.39 is 0 Å². The topological polar surface area (TPSA) is 26.3 Å². The molecular formula is C17H19ClO2. The Morgan fingerprint density at radius 1 is 1.15 bits per heavy atom. The maximum atomic E-state index is 12.3. The fraction of sp³-hybridized carbons (Fsp3) is 0.353. The third-order valence-corrected chi connectivity index (χ3v) is 3.35. The minimum absolute atomic E-state index is 0.108. The van der Waals surface area contributed by atoms with Crippen molar-refractivity contribution in [3.63, 3.8) is 0 Å². The molecule has 3 heteroatoms. The highest BCUT2D eigenvalue weighted by Crippen LogP contribution is 2.30. The van der Waals surface area contributed by atoms with Crippen molar-refractivity contribution in [2.75, 3.05) is 5.88 Å². The number of rotatable bonds is 6. The Morgan fingerprint density at radius 2 is 1.85 bits per heavy atom. The molecule has 2 rings (SSSR count). The van der Waals surface area contributed by atoms with E-state index in [2.05, 4.69) is 0 Å². The van der Waals surface area contributed by atoms with Gasteiger partial charge < -0.3 is 4.74 Å². The lowest BCUT2D eigenvalue weighted by Crippen LogP contribution is -2.07. The molecule has 0 bridgehead atoms. The Labute approximate surface area is 124 Å². The monoisotopic (exact) mass is 290 g/mol. The first-order chi connectivity index (χ1) is 9.63. The molecule has 20 heavy (non-hydrogen) atoms. The van der Waals surface area contributed by atoms with Crippen molar-refractivity contribution >= 4 is 28.2 Å². The van der Waals surface area contributed by atoms with Gasteiger partial charge in [0.15, 0.2) is 5.78 Å². The van der Waals surface area contributed by atoms with Crippen LogP contribution in [0.25, 0.3) is 10.8 Å². The molecule has 0 unspecified atom stereocenters. The highest BCUT2D eigenvalue weighted by molar-refractivity contribution is 6.18. The summed E-state index contributed by atoms with van der Waals surface area (Å²) in [6.07, 6.45) is 1.30. The van der Waals surface area contributed by atoms with Crippen LogP contribution < -0.4 is 4.74 Å². The number of alkyl halides is 1. The van der Waals surface area contributed by atoms with Crippen molar-refractivity contribution in [3.05, 3.63) is 42.0 Å². The number of Topliss-reactive ketones (excluding diaryl/α,β-unsaturated/α-hetero) is 1. The van der Waals surface area contributed by atoms with Crippen LogP contribution in [0.2, 0.25) is 0 Å². The van der Waals surface area contributed by atoms with Gasteiger partial charge in [0.1, 0.15) is 5.75 Å². The highest BCUT2D eigenvalue weighted by Gasteiger charge is 2.13. The minimum Gasteiger partial charge on any atom is -0.490 e. The molecule has 2 aromatic carbocycles. The number of hydrogen-bond acceptors (Lipinski definition) is 2. The molecule has 0 saturated carbocycles. The van der Waals surface area contributed by atoms with Gasteiger partial charge in [0.2, 0.25) is 0 Å². The third kappa shape index (κ3) is 3.31. The van der Waals surface area contributed by atoms with Gasteiger partial charge in [0.05, 0.1) is 6.10 Å². The maximum absolute atomic E-state index is 12.3. The van der Waals surface area contributed by atoms with Gasteiger partial charge in [0.25, 0.3) is 0 Å². The summed E-state index contributed by atoms with van der Waals surface area (Å²) >= 11 is 5.66. The highest BCUT2D eigenvalue weighted by atomic mass is 35.5. The summed E-state index contributed by atoms with van der Waals surface area (Å²) in [6.45, 7) is 3.99. The first kappa shape index (κ1) is 14.9. The van der Waals surface area contributed by atoms with Crippen molar-refractivity contribution in [1.82, 2.24) is 0 Å². The zero-order valence-electron chi connectivity index (χ0n) is 11.9. The molecule has 0 N–H and O–H groups in total. The molecule has 0 aliphatic carbocycles. The number of ether oxygens (including phenoxy) is 1. The van der Waals surface area contributed by atoms with E-state index in [1.54, 1.807) is 0 Å². The Hall–Kier alpha value is -1.54. The Kier molecular flexibility index (Phi) is 5.02. The second-order valence-corrected chi connectivity index (χ2v) is 5.42. The van der Waals surface area contributed by atoms with Crippen molar-refractivity contribution in [1.29, 1.82) is 0 Å². The number of benzene rings is 2. The smallest absolute Gasteiger partial charge is 0.163 e. The van der Waals surface area contributed by atoms with Crippen LogP contribution >= 0.6 is 11.6 Å². The summed E-state index contributed by atoms with van der Waals surface area (Å²) < 4.78 is 5.81. The number of carbonyl (C=O) groups excluding carboxylic acids is 1. The zero-order valence-corrected chi connectivity index (χ0v) is 12.6. The van der Waals surface area contributed by atoms with E-state index in [-0.39, 0.29) is 11.9 Å². The average molecular weight is 291 g/mol. The third-order valence-electron chi connectivity index (χ3n) is 3.08. The molecule has 2 aromatic rings. The first-order valence-corrected chi connectivity index (χ1v) is 7.44. The normalized spacial score (nSPS) is 11.0. The molecule has 0 aromatic heterocycles. The van der Waals surface area contributed by atoms with Gasteiger partial charge in [-0.1, -0.05) is 24.3 Å². The summed E-state index contributed by atoms with van der Waals surface area (Å²) in [5.41, 5.74) is 0.752. The quantitative estimate of drug-likeness (QED) is 0.563. The fourth-order valence-electron chi connectivity index (χ4n) is 2.23. The van der Waals surface area contributed by atoms with Gasteiger partial charge in [-0.25, -0.2) is 0 Å². The van der Waals surface area contributed by atoms with Gasteiger partial charge in [0, 0.05) is 23.3 Å². The summed E-state index contributed by atoms with van der Waals surface area (Å²) in [5, 5.41) is 1.93. The molecule has 0 radical (unpaired) electrons. The molecule has 0 amide bonds. The SMILES string of the molecule is CC(C)Oc1ccc(C(=O)CCCCl)c2ccccc12. The van der Waals surface area contributed by atoms with E-state index in [0.29, 0.717) is 18.7 Å². The van der Waals surface area contributed by atoms with Crippen LogP contribution in [-0.2, 0) is 0 Å². The Morgan fingerprint density at radius 3 is 2.50 bits per heavy atom. The standard InChI is InChI=1S/C17H19ClO2/c1-12(2)20-17-10-9-14(16(19)8-5-11-18)13-6-3-4-7-15(13)17/h3-4,6-7,9-10,12H,5,8,11H2,1-2H3. The van der Waals surface area contributed by atoms with Crippen LogP contribution in [0.15, 0.2) is 36.4 Å². The Balaban J connectivity index is 2.45. The van der Waals surface area contributed by atoms with Crippen molar-refractivity contribution in [2.24, 2.45) is 0 Å². The molecule has 0 atom stereocenters. The van der Waals surface area contributed by atoms with Gasteiger partial charge >= 0.3 is 0 Å². The number of halogens is 1. The minimum atomic E-state index is 0.108. The Bertz CT molecular complexity index is 605. The van der Waals surface area contributed by atoms with Crippen molar-refractivity contribution < 1.29 is 9.53 Å². The van der Waals surface area contributed by atoms with Crippen LogP contribution in [0.1, 0.15) is 37.0 Å². The van der Waals surface area contributed by atoms with Crippen molar-refractivity contribution in [3.8, 4) is 5.75 Å². The fourth-order valence-corrected chi connectivity index (χ4v) is 2.37. The summed E-state index contributed by atoms with van der Waals surface area (Å²) in [7, 11) is 0. The van der Waals surface area contributed by atoms with Crippen LogP contribution in [-0.4, -0.2) is 17.8 Å². The van der Waals surface area contributed by atoms with E-state index in [1.807, 2.05) is 50.2 Å². The number of carbonyl (C=O) groups is 1. The summed E-state index contributed by atoms with van der Waals surface area (Å²) in [6, 6.07) is 11.6. The second kappa shape index (κ2) is 6.76. The van der Waals surface area contributed by atoms with Crippen LogP contribution in [0.4, 0.5) is 0 Å².